The second-order valence-electron chi connectivity index (χ2n) is 2.01. The predicted octanol–water partition coefficient (Wildman–Crippen LogP) is 1.05. The van der Waals surface area contributed by atoms with Crippen molar-refractivity contribution in [1.82, 2.24) is 4.98 Å². The van der Waals surface area contributed by atoms with Crippen LogP contribution in [0.2, 0.25) is 0 Å². The molecule has 0 aliphatic rings. The summed E-state index contributed by atoms with van der Waals surface area (Å²) in [5.41, 5.74) is 0.313. The van der Waals surface area contributed by atoms with Gasteiger partial charge in [-0.25, -0.2) is 4.98 Å². The first-order valence-corrected chi connectivity index (χ1v) is 3.34. The quantitative estimate of drug-likeness (QED) is 0.574. The highest BCUT2D eigenvalue weighted by Gasteiger charge is 1.93. The second-order valence-corrected chi connectivity index (χ2v) is 2.01. The van der Waals surface area contributed by atoms with E-state index in [1.165, 1.54) is 12.3 Å². The van der Waals surface area contributed by atoms with Crippen LogP contribution >= 0.6 is 0 Å². The Morgan fingerprint density at radius 3 is 3.08 bits per heavy atom. The summed E-state index contributed by atoms with van der Waals surface area (Å²) in [5.74, 6) is 5.18. The molecule has 0 bridgehead atoms. The lowest BCUT2D eigenvalue weighted by Gasteiger charge is -1.91. The summed E-state index contributed by atoms with van der Waals surface area (Å²) in [6, 6.07) is 4.99. The summed E-state index contributed by atoms with van der Waals surface area (Å²) < 4.78 is 0. The smallest absolute Gasteiger partial charge is 0.154 e. The van der Waals surface area contributed by atoms with Crippen molar-refractivity contribution < 1.29 is 5.11 Å². The number of rotatable bonds is 0. The van der Waals surface area contributed by atoms with Crippen molar-refractivity contribution in [2.24, 2.45) is 0 Å². The van der Waals surface area contributed by atoms with Gasteiger partial charge in [0.15, 0.2) is 5.69 Å². The molecule has 12 heavy (non-hydrogen) atoms. The molecule has 0 amide bonds. The van der Waals surface area contributed by atoms with Gasteiger partial charge < -0.3 is 5.11 Å². The fraction of sp³-hybridized carbons (Fsp3) is 0.111. The lowest BCUT2D eigenvalue weighted by Crippen LogP contribution is -1.80. The molecule has 0 unspecified atom stereocenters. The summed E-state index contributed by atoms with van der Waals surface area (Å²) in [4.78, 5) is 3.82. The number of pyridine rings is 1. The lowest BCUT2D eigenvalue weighted by atomic mass is 10.3. The van der Waals surface area contributed by atoms with Crippen LogP contribution in [0.3, 0.4) is 0 Å². The Morgan fingerprint density at radius 2 is 2.42 bits per heavy atom. The van der Waals surface area contributed by atoms with Gasteiger partial charge in [0.1, 0.15) is 5.75 Å². The topological polar surface area (TPSA) is 56.9 Å². The fourth-order valence-corrected chi connectivity index (χ4v) is 0.661. The van der Waals surface area contributed by atoms with E-state index in [-0.39, 0.29) is 12.2 Å². The molecule has 0 atom stereocenters. The largest absolute Gasteiger partial charge is 0.505 e. The third kappa shape index (κ3) is 2.00. The Hall–Kier alpha value is -2.00. The molecule has 0 saturated carbocycles. The molecule has 1 N–H and O–H groups in total. The van der Waals surface area contributed by atoms with Crippen LogP contribution in [0.5, 0.6) is 5.75 Å². The van der Waals surface area contributed by atoms with Crippen molar-refractivity contribution in [2.45, 2.75) is 6.42 Å². The van der Waals surface area contributed by atoms with Crippen LogP contribution in [0.25, 0.3) is 0 Å². The van der Waals surface area contributed by atoms with Crippen molar-refractivity contribution in [3.05, 3.63) is 24.0 Å². The zero-order valence-corrected chi connectivity index (χ0v) is 6.28. The van der Waals surface area contributed by atoms with E-state index in [0.717, 1.165) is 0 Å². The summed E-state index contributed by atoms with van der Waals surface area (Å²) in [7, 11) is 0. The van der Waals surface area contributed by atoms with E-state index >= 15 is 0 Å². The van der Waals surface area contributed by atoms with Crippen LogP contribution in [0.1, 0.15) is 12.1 Å². The summed E-state index contributed by atoms with van der Waals surface area (Å²) in [6.07, 6.45) is 1.69. The first-order valence-electron chi connectivity index (χ1n) is 3.34. The second kappa shape index (κ2) is 4.00. The maximum atomic E-state index is 9.16. The fourth-order valence-electron chi connectivity index (χ4n) is 0.661. The van der Waals surface area contributed by atoms with Crippen LogP contribution < -0.4 is 0 Å². The first kappa shape index (κ1) is 8.10. The van der Waals surface area contributed by atoms with Crippen LogP contribution in [-0.4, -0.2) is 10.1 Å². The van der Waals surface area contributed by atoms with Gasteiger partial charge in [0.25, 0.3) is 0 Å². The predicted molar refractivity (Wildman–Crippen MR) is 43.0 cm³/mol. The Morgan fingerprint density at radius 1 is 1.58 bits per heavy atom. The molecule has 1 aromatic heterocycles. The molecule has 1 aromatic rings. The van der Waals surface area contributed by atoms with E-state index in [2.05, 4.69) is 16.8 Å². The standard InChI is InChI=1S/C9H6N2O/c10-6-2-1-4-8-9(12)5-3-7-11-8/h3,5,7,12H,2H2. The van der Waals surface area contributed by atoms with Crippen molar-refractivity contribution in [3.63, 3.8) is 0 Å². The Bertz CT molecular complexity index is 368. The Labute approximate surface area is 70.3 Å². The first-order chi connectivity index (χ1) is 5.84. The lowest BCUT2D eigenvalue weighted by molar-refractivity contribution is 0.471. The van der Waals surface area contributed by atoms with Gasteiger partial charge >= 0.3 is 0 Å². The van der Waals surface area contributed by atoms with Crippen LogP contribution in [0, 0.1) is 23.2 Å². The minimum Gasteiger partial charge on any atom is -0.505 e. The molecule has 0 aromatic carbocycles. The average Bonchev–Trinajstić information content (AvgIpc) is 2.09. The van der Waals surface area contributed by atoms with Gasteiger partial charge in [-0.3, -0.25) is 0 Å². The molecule has 0 spiro atoms. The van der Waals surface area contributed by atoms with E-state index in [1.54, 1.807) is 6.07 Å². The van der Waals surface area contributed by atoms with Crippen molar-refractivity contribution >= 4 is 0 Å². The molecule has 3 nitrogen and oxygen atoms in total. The van der Waals surface area contributed by atoms with Gasteiger partial charge in [-0.15, -0.1) is 0 Å². The molecule has 3 heteroatoms. The molecule has 0 aliphatic carbocycles. The van der Waals surface area contributed by atoms with Crippen LogP contribution in [0.15, 0.2) is 18.3 Å². The number of hydrogen-bond donors (Lipinski definition) is 1. The molecular weight excluding hydrogens is 152 g/mol. The highest BCUT2D eigenvalue weighted by Crippen LogP contribution is 2.10. The maximum Gasteiger partial charge on any atom is 0.154 e. The van der Waals surface area contributed by atoms with Crippen LogP contribution in [-0.2, 0) is 0 Å². The molecular formula is C9H6N2O. The monoisotopic (exact) mass is 158 g/mol. The van der Waals surface area contributed by atoms with Gasteiger partial charge in [0, 0.05) is 6.20 Å². The molecule has 58 valence electrons. The molecule has 0 radical (unpaired) electrons. The van der Waals surface area contributed by atoms with Gasteiger partial charge in [-0.2, -0.15) is 5.26 Å². The van der Waals surface area contributed by atoms with E-state index in [1.807, 2.05) is 6.07 Å². The minimum atomic E-state index is 0.0444. The van der Waals surface area contributed by atoms with E-state index in [0.29, 0.717) is 5.69 Å². The third-order valence-corrected chi connectivity index (χ3v) is 1.16. The molecule has 0 aliphatic heterocycles. The molecule has 0 saturated heterocycles. The van der Waals surface area contributed by atoms with Gasteiger partial charge in [0.05, 0.1) is 12.5 Å². The van der Waals surface area contributed by atoms with Crippen LogP contribution in [0.4, 0.5) is 0 Å². The zero-order valence-electron chi connectivity index (χ0n) is 6.28. The van der Waals surface area contributed by atoms with Gasteiger partial charge in [0.2, 0.25) is 0 Å². The number of aromatic nitrogens is 1. The highest BCUT2D eigenvalue weighted by molar-refractivity contribution is 5.39. The average molecular weight is 158 g/mol. The number of nitrogens with zero attached hydrogens (tertiary/aromatic N) is 2. The summed E-state index contributed by atoms with van der Waals surface area (Å²) in [5, 5.41) is 17.3. The number of hydrogen-bond acceptors (Lipinski definition) is 3. The number of nitriles is 1. The normalized spacial score (nSPS) is 7.92. The van der Waals surface area contributed by atoms with Crippen molar-refractivity contribution in [2.75, 3.05) is 0 Å². The van der Waals surface area contributed by atoms with Crippen molar-refractivity contribution in [3.8, 4) is 23.7 Å². The minimum absolute atomic E-state index is 0.0444. The maximum absolute atomic E-state index is 9.16. The molecule has 1 heterocycles. The molecule has 1 rings (SSSR count). The van der Waals surface area contributed by atoms with Gasteiger partial charge in [-0.05, 0) is 18.1 Å². The SMILES string of the molecule is N#CCC#Cc1ncccc1O. The zero-order chi connectivity index (χ0) is 8.81. The summed E-state index contributed by atoms with van der Waals surface area (Å²) in [6.45, 7) is 0. The van der Waals surface area contributed by atoms with Gasteiger partial charge in [-0.1, -0.05) is 5.92 Å². The van der Waals surface area contributed by atoms with E-state index in [9.17, 15) is 0 Å². The summed E-state index contributed by atoms with van der Waals surface area (Å²) >= 11 is 0. The van der Waals surface area contributed by atoms with E-state index in [4.69, 9.17) is 10.4 Å². The highest BCUT2D eigenvalue weighted by atomic mass is 16.3. The Kier molecular flexibility index (Phi) is 2.70. The number of aromatic hydroxyl groups is 1. The van der Waals surface area contributed by atoms with E-state index < -0.39 is 0 Å². The van der Waals surface area contributed by atoms with Crippen molar-refractivity contribution in [1.29, 1.82) is 5.26 Å². The molecule has 0 fully saturated rings. The Balaban J connectivity index is 2.86. The third-order valence-electron chi connectivity index (χ3n) is 1.16.